The molecule has 0 aromatic rings. The standard InChI is InChI=1S/C34H62O6/c1-3-5-7-13-20-28-30(39-28)22-15-9-11-17-25-34(33(37)38,27-19-24-32(35)36)26-18-12-10-16-23-31-29(40-31)21-14-8-6-4-2/h28-31H,3-27H2,1-2H3,(H,35,36)(H,37,38). The first-order valence-corrected chi connectivity index (χ1v) is 17.2. The minimum atomic E-state index is -0.837. The number of ether oxygens (including phenoxy) is 2. The molecule has 40 heavy (non-hydrogen) atoms. The first-order chi connectivity index (χ1) is 19.4. The topological polar surface area (TPSA) is 99.7 Å². The SMILES string of the molecule is CCCCCCC1OC1CCCCCCC(CCCCCCC1OC1CCCCCC)(CCCC(=O)O)C(=O)O. The number of epoxide rings is 2. The molecule has 6 heteroatoms. The number of carboxylic acids is 2. The van der Waals surface area contributed by atoms with E-state index in [0.29, 0.717) is 50.1 Å². The summed E-state index contributed by atoms with van der Waals surface area (Å²) in [5, 5.41) is 19.4. The van der Waals surface area contributed by atoms with Crippen LogP contribution in [0.3, 0.4) is 0 Å². The summed E-state index contributed by atoms with van der Waals surface area (Å²) in [7, 11) is 0. The highest BCUT2D eigenvalue weighted by Gasteiger charge is 2.39. The van der Waals surface area contributed by atoms with E-state index in [1.807, 2.05) is 0 Å². The average Bonchev–Trinajstić information content (AvgIpc) is 3.85. The fraction of sp³-hybridized carbons (Fsp3) is 0.941. The summed E-state index contributed by atoms with van der Waals surface area (Å²) in [4.78, 5) is 23.6. The van der Waals surface area contributed by atoms with E-state index in [4.69, 9.17) is 14.6 Å². The Kier molecular flexibility index (Phi) is 18.1. The molecule has 4 unspecified atom stereocenters. The molecule has 4 atom stereocenters. The first-order valence-electron chi connectivity index (χ1n) is 17.2. The highest BCUT2D eigenvalue weighted by Crippen LogP contribution is 2.38. The van der Waals surface area contributed by atoms with Gasteiger partial charge < -0.3 is 19.7 Å². The maximum absolute atomic E-state index is 12.5. The van der Waals surface area contributed by atoms with Gasteiger partial charge in [-0.3, -0.25) is 9.59 Å². The number of carboxylic acid groups (broad SMARTS) is 2. The second-order valence-electron chi connectivity index (χ2n) is 12.9. The van der Waals surface area contributed by atoms with Crippen LogP contribution in [0.25, 0.3) is 0 Å². The van der Waals surface area contributed by atoms with E-state index in [-0.39, 0.29) is 6.42 Å². The molecule has 2 aliphatic heterocycles. The number of unbranched alkanes of at least 4 members (excludes halogenated alkanes) is 12. The van der Waals surface area contributed by atoms with Gasteiger partial charge in [-0.25, -0.2) is 0 Å². The van der Waals surface area contributed by atoms with Crippen molar-refractivity contribution in [3.8, 4) is 0 Å². The van der Waals surface area contributed by atoms with Crippen LogP contribution in [0.1, 0.15) is 174 Å². The van der Waals surface area contributed by atoms with Gasteiger partial charge in [0.15, 0.2) is 0 Å². The largest absolute Gasteiger partial charge is 0.481 e. The maximum Gasteiger partial charge on any atom is 0.309 e. The lowest BCUT2D eigenvalue weighted by atomic mass is 9.74. The monoisotopic (exact) mass is 566 g/mol. The van der Waals surface area contributed by atoms with E-state index < -0.39 is 17.4 Å². The van der Waals surface area contributed by atoms with Gasteiger partial charge in [0, 0.05) is 6.42 Å². The molecular weight excluding hydrogens is 504 g/mol. The van der Waals surface area contributed by atoms with E-state index in [0.717, 1.165) is 64.2 Å². The molecular formula is C34H62O6. The highest BCUT2D eigenvalue weighted by atomic mass is 16.6. The predicted molar refractivity (Wildman–Crippen MR) is 162 cm³/mol. The van der Waals surface area contributed by atoms with Crippen molar-refractivity contribution in [2.24, 2.45) is 5.41 Å². The number of hydrogen-bond acceptors (Lipinski definition) is 4. The molecule has 0 aromatic heterocycles. The van der Waals surface area contributed by atoms with Gasteiger partial charge in [-0.2, -0.15) is 0 Å². The van der Waals surface area contributed by atoms with E-state index in [9.17, 15) is 14.7 Å². The minimum Gasteiger partial charge on any atom is -0.481 e. The van der Waals surface area contributed by atoms with Crippen molar-refractivity contribution in [3.63, 3.8) is 0 Å². The highest BCUT2D eigenvalue weighted by molar-refractivity contribution is 5.74. The Morgan fingerprint density at radius 1 is 0.525 bits per heavy atom. The van der Waals surface area contributed by atoms with Crippen LogP contribution >= 0.6 is 0 Å². The molecule has 2 heterocycles. The molecule has 6 nitrogen and oxygen atoms in total. The van der Waals surface area contributed by atoms with Gasteiger partial charge in [-0.1, -0.05) is 117 Å². The molecule has 2 N–H and O–H groups in total. The van der Waals surface area contributed by atoms with Crippen LogP contribution < -0.4 is 0 Å². The summed E-state index contributed by atoms with van der Waals surface area (Å²) in [6.45, 7) is 4.48. The third kappa shape index (κ3) is 15.2. The Bertz CT molecular complexity index is 641. The molecule has 0 radical (unpaired) electrons. The van der Waals surface area contributed by atoms with Crippen LogP contribution in [0.2, 0.25) is 0 Å². The van der Waals surface area contributed by atoms with Crippen LogP contribution in [0.4, 0.5) is 0 Å². The molecule has 0 bridgehead atoms. The van der Waals surface area contributed by atoms with Crippen LogP contribution in [0, 0.1) is 5.41 Å². The van der Waals surface area contributed by atoms with Crippen LogP contribution in [-0.4, -0.2) is 46.6 Å². The second kappa shape index (κ2) is 20.7. The van der Waals surface area contributed by atoms with Crippen molar-refractivity contribution in [2.45, 2.75) is 199 Å². The van der Waals surface area contributed by atoms with Crippen LogP contribution in [0.15, 0.2) is 0 Å². The summed E-state index contributed by atoms with van der Waals surface area (Å²) in [6.07, 6.45) is 27.7. The van der Waals surface area contributed by atoms with Gasteiger partial charge in [0.25, 0.3) is 0 Å². The van der Waals surface area contributed by atoms with Gasteiger partial charge >= 0.3 is 11.9 Å². The molecule has 0 saturated carbocycles. The molecule has 234 valence electrons. The van der Waals surface area contributed by atoms with Crippen molar-refractivity contribution in [1.82, 2.24) is 0 Å². The molecule has 2 aliphatic rings. The minimum absolute atomic E-state index is 0.0526. The Balaban J connectivity index is 1.60. The zero-order valence-corrected chi connectivity index (χ0v) is 26.0. The number of carbonyl (C=O) groups is 2. The Morgan fingerprint density at radius 3 is 1.23 bits per heavy atom. The molecule has 0 aliphatic carbocycles. The quantitative estimate of drug-likeness (QED) is 0.0691. The van der Waals surface area contributed by atoms with E-state index in [1.54, 1.807) is 0 Å². The zero-order chi connectivity index (χ0) is 29.1. The second-order valence-corrected chi connectivity index (χ2v) is 12.9. The molecule has 2 saturated heterocycles. The summed E-state index contributed by atoms with van der Waals surface area (Å²) in [5.74, 6) is -1.57. The summed E-state index contributed by atoms with van der Waals surface area (Å²) in [5.41, 5.74) is -0.776. The maximum atomic E-state index is 12.5. The van der Waals surface area contributed by atoms with Gasteiger partial charge in [0.2, 0.25) is 0 Å². The van der Waals surface area contributed by atoms with E-state index in [1.165, 1.54) is 64.2 Å². The van der Waals surface area contributed by atoms with E-state index in [2.05, 4.69) is 13.8 Å². The smallest absolute Gasteiger partial charge is 0.309 e. The lowest BCUT2D eigenvalue weighted by Gasteiger charge is -2.30. The third-order valence-corrected chi connectivity index (χ3v) is 9.35. The third-order valence-electron chi connectivity index (χ3n) is 9.35. The first kappa shape index (κ1) is 35.1. The van der Waals surface area contributed by atoms with E-state index >= 15 is 0 Å². The molecule has 0 aromatic carbocycles. The lowest BCUT2D eigenvalue weighted by Crippen LogP contribution is -2.31. The average molecular weight is 567 g/mol. The van der Waals surface area contributed by atoms with Gasteiger partial charge in [0.05, 0.1) is 29.8 Å². The fourth-order valence-electron chi connectivity index (χ4n) is 6.52. The Hall–Kier alpha value is -1.14. The van der Waals surface area contributed by atoms with Crippen LogP contribution in [0.5, 0.6) is 0 Å². The van der Waals surface area contributed by atoms with Crippen molar-refractivity contribution >= 4 is 11.9 Å². The lowest BCUT2D eigenvalue weighted by molar-refractivity contribution is -0.151. The van der Waals surface area contributed by atoms with Gasteiger partial charge in [-0.05, 0) is 51.4 Å². The number of aliphatic carboxylic acids is 2. The van der Waals surface area contributed by atoms with Gasteiger partial charge in [0.1, 0.15) is 0 Å². The van der Waals surface area contributed by atoms with Gasteiger partial charge in [-0.15, -0.1) is 0 Å². The number of rotatable bonds is 29. The zero-order valence-electron chi connectivity index (χ0n) is 26.0. The molecule has 2 fully saturated rings. The Labute approximate surface area is 245 Å². The van der Waals surface area contributed by atoms with Crippen molar-refractivity contribution in [2.75, 3.05) is 0 Å². The van der Waals surface area contributed by atoms with Crippen molar-refractivity contribution in [3.05, 3.63) is 0 Å². The van der Waals surface area contributed by atoms with Crippen molar-refractivity contribution in [1.29, 1.82) is 0 Å². The van der Waals surface area contributed by atoms with Crippen LogP contribution in [-0.2, 0) is 19.1 Å². The molecule has 2 rings (SSSR count). The molecule has 0 amide bonds. The summed E-state index contributed by atoms with van der Waals surface area (Å²) >= 11 is 0. The molecule has 0 spiro atoms. The fourth-order valence-corrected chi connectivity index (χ4v) is 6.52. The predicted octanol–water partition coefficient (Wildman–Crippen LogP) is 9.47. The van der Waals surface area contributed by atoms with Crippen molar-refractivity contribution < 1.29 is 29.3 Å². The normalized spacial score (nSPS) is 23.1. The summed E-state index contributed by atoms with van der Waals surface area (Å²) in [6, 6.07) is 0. The Morgan fingerprint density at radius 2 is 0.875 bits per heavy atom. The summed E-state index contributed by atoms with van der Waals surface area (Å²) < 4.78 is 11.7. The number of hydrogen-bond donors (Lipinski definition) is 2.